The molecule has 2 amide bonds. The fraction of sp³-hybridized carbons (Fsp3) is 0. The SMILES string of the molecule is NNC(=O)/C(=C\c1ccccc1)NC(=O)c1ccc(Cl)cc1. The number of carbonyl (C=O) groups is 2. The van der Waals surface area contributed by atoms with Crippen LogP contribution < -0.4 is 16.6 Å². The summed E-state index contributed by atoms with van der Waals surface area (Å²) in [6.45, 7) is 0. The predicted octanol–water partition coefficient (Wildman–Crippen LogP) is 2.10. The summed E-state index contributed by atoms with van der Waals surface area (Å²) >= 11 is 5.78. The van der Waals surface area contributed by atoms with Gasteiger partial charge in [-0.15, -0.1) is 0 Å². The maximum absolute atomic E-state index is 12.2. The van der Waals surface area contributed by atoms with Crippen molar-refractivity contribution >= 4 is 29.5 Å². The first-order valence-corrected chi connectivity index (χ1v) is 6.82. The zero-order valence-corrected chi connectivity index (χ0v) is 12.3. The Morgan fingerprint density at radius 1 is 1.00 bits per heavy atom. The summed E-state index contributed by atoms with van der Waals surface area (Å²) in [6.07, 6.45) is 1.54. The molecule has 0 heterocycles. The van der Waals surface area contributed by atoms with Crippen molar-refractivity contribution in [2.75, 3.05) is 0 Å². The smallest absolute Gasteiger partial charge is 0.281 e. The summed E-state index contributed by atoms with van der Waals surface area (Å²) in [6, 6.07) is 15.4. The molecule has 4 N–H and O–H groups in total. The van der Waals surface area contributed by atoms with Crippen LogP contribution in [0.2, 0.25) is 5.02 Å². The van der Waals surface area contributed by atoms with Gasteiger partial charge in [0.2, 0.25) is 0 Å². The molecule has 22 heavy (non-hydrogen) atoms. The minimum Gasteiger partial charge on any atom is -0.317 e. The highest BCUT2D eigenvalue weighted by Crippen LogP contribution is 2.11. The van der Waals surface area contributed by atoms with Gasteiger partial charge < -0.3 is 5.32 Å². The fourth-order valence-electron chi connectivity index (χ4n) is 1.75. The lowest BCUT2D eigenvalue weighted by Crippen LogP contribution is -2.38. The third-order valence-electron chi connectivity index (χ3n) is 2.84. The van der Waals surface area contributed by atoms with E-state index in [0.29, 0.717) is 10.6 Å². The average Bonchev–Trinajstić information content (AvgIpc) is 2.55. The van der Waals surface area contributed by atoms with Gasteiger partial charge in [0.05, 0.1) is 0 Å². The monoisotopic (exact) mass is 315 g/mol. The number of hydrogen-bond acceptors (Lipinski definition) is 3. The molecule has 0 saturated carbocycles. The van der Waals surface area contributed by atoms with E-state index in [1.165, 1.54) is 6.08 Å². The Labute approximate surface area is 132 Å². The molecule has 6 heteroatoms. The molecular weight excluding hydrogens is 302 g/mol. The van der Waals surface area contributed by atoms with E-state index in [2.05, 4.69) is 5.32 Å². The number of hydrazine groups is 1. The molecular formula is C16H14ClN3O2. The third-order valence-corrected chi connectivity index (χ3v) is 3.09. The lowest BCUT2D eigenvalue weighted by molar-refractivity contribution is -0.117. The topological polar surface area (TPSA) is 84.2 Å². The molecule has 0 fully saturated rings. The van der Waals surface area contributed by atoms with E-state index in [4.69, 9.17) is 17.4 Å². The number of halogens is 1. The summed E-state index contributed by atoms with van der Waals surface area (Å²) in [5.74, 6) is 4.13. The van der Waals surface area contributed by atoms with Crippen molar-refractivity contribution in [3.8, 4) is 0 Å². The fourth-order valence-corrected chi connectivity index (χ4v) is 1.87. The molecule has 5 nitrogen and oxygen atoms in total. The molecule has 0 atom stereocenters. The quantitative estimate of drug-likeness (QED) is 0.349. The predicted molar refractivity (Wildman–Crippen MR) is 85.7 cm³/mol. The normalized spacial score (nSPS) is 10.9. The summed E-state index contributed by atoms with van der Waals surface area (Å²) in [4.78, 5) is 24.0. The second-order valence-corrected chi connectivity index (χ2v) is 4.84. The highest BCUT2D eigenvalue weighted by atomic mass is 35.5. The van der Waals surface area contributed by atoms with Gasteiger partial charge >= 0.3 is 0 Å². The lowest BCUT2D eigenvalue weighted by atomic mass is 10.1. The second kappa shape index (κ2) is 7.40. The van der Waals surface area contributed by atoms with Gasteiger partial charge in [0.25, 0.3) is 11.8 Å². The maximum Gasteiger partial charge on any atom is 0.281 e. The van der Waals surface area contributed by atoms with E-state index < -0.39 is 11.8 Å². The molecule has 0 saturated heterocycles. The molecule has 0 spiro atoms. The summed E-state index contributed by atoms with van der Waals surface area (Å²) in [5.41, 5.74) is 3.20. The number of carbonyl (C=O) groups excluding carboxylic acids is 2. The van der Waals surface area contributed by atoms with Crippen LogP contribution in [0.1, 0.15) is 15.9 Å². The van der Waals surface area contributed by atoms with Crippen LogP contribution in [-0.2, 0) is 4.79 Å². The molecule has 112 valence electrons. The molecule has 0 bridgehead atoms. The average molecular weight is 316 g/mol. The molecule has 0 aliphatic heterocycles. The van der Waals surface area contributed by atoms with Gasteiger partial charge in [-0.05, 0) is 35.9 Å². The van der Waals surface area contributed by atoms with Crippen molar-refractivity contribution in [1.29, 1.82) is 0 Å². The number of benzene rings is 2. The number of nitrogens with two attached hydrogens (primary N) is 1. The Morgan fingerprint density at radius 3 is 2.23 bits per heavy atom. The largest absolute Gasteiger partial charge is 0.317 e. The first-order chi connectivity index (χ1) is 10.6. The van der Waals surface area contributed by atoms with Crippen LogP contribution in [0.5, 0.6) is 0 Å². The third kappa shape index (κ3) is 4.18. The van der Waals surface area contributed by atoms with Crippen molar-refractivity contribution in [3.05, 3.63) is 76.4 Å². The Kier molecular flexibility index (Phi) is 5.30. The zero-order chi connectivity index (χ0) is 15.9. The van der Waals surface area contributed by atoms with Crippen molar-refractivity contribution in [1.82, 2.24) is 10.7 Å². The van der Waals surface area contributed by atoms with E-state index in [1.54, 1.807) is 36.4 Å². The number of amides is 2. The van der Waals surface area contributed by atoms with Gasteiger partial charge in [0.1, 0.15) is 5.70 Å². The highest BCUT2D eigenvalue weighted by molar-refractivity contribution is 6.30. The summed E-state index contributed by atoms with van der Waals surface area (Å²) in [7, 11) is 0. The number of nitrogens with one attached hydrogen (secondary N) is 2. The molecule has 0 radical (unpaired) electrons. The second-order valence-electron chi connectivity index (χ2n) is 4.40. The highest BCUT2D eigenvalue weighted by Gasteiger charge is 2.13. The maximum atomic E-state index is 12.2. The summed E-state index contributed by atoms with van der Waals surface area (Å²) < 4.78 is 0. The standard InChI is InChI=1S/C16H14ClN3O2/c17-13-8-6-12(7-9-13)15(21)19-14(16(22)20-18)10-11-4-2-1-3-5-11/h1-10H,18H2,(H,19,21)(H,20,22)/b14-10+. The van der Waals surface area contributed by atoms with Gasteiger partial charge in [-0.25, -0.2) is 5.84 Å². The first kappa shape index (κ1) is 15.8. The van der Waals surface area contributed by atoms with Gasteiger partial charge in [-0.3, -0.25) is 15.0 Å². The van der Waals surface area contributed by atoms with Gasteiger partial charge in [-0.2, -0.15) is 0 Å². The van der Waals surface area contributed by atoms with Gasteiger partial charge in [-0.1, -0.05) is 41.9 Å². The van der Waals surface area contributed by atoms with Crippen LogP contribution in [0.25, 0.3) is 6.08 Å². The minimum absolute atomic E-state index is 0.0497. The minimum atomic E-state index is -0.592. The van der Waals surface area contributed by atoms with Crippen LogP contribution in [0.15, 0.2) is 60.3 Å². The van der Waals surface area contributed by atoms with Crippen molar-refractivity contribution < 1.29 is 9.59 Å². The van der Waals surface area contributed by atoms with Crippen LogP contribution in [0.3, 0.4) is 0 Å². The van der Waals surface area contributed by atoms with E-state index in [9.17, 15) is 9.59 Å². The van der Waals surface area contributed by atoms with E-state index in [0.717, 1.165) is 5.56 Å². The lowest BCUT2D eigenvalue weighted by Gasteiger charge is -2.09. The van der Waals surface area contributed by atoms with Crippen LogP contribution >= 0.6 is 11.6 Å². The zero-order valence-electron chi connectivity index (χ0n) is 11.5. The summed E-state index contributed by atoms with van der Waals surface area (Å²) in [5, 5.41) is 3.06. The van der Waals surface area contributed by atoms with Crippen molar-refractivity contribution in [2.24, 2.45) is 5.84 Å². The van der Waals surface area contributed by atoms with E-state index >= 15 is 0 Å². The Balaban J connectivity index is 2.24. The molecule has 0 aromatic heterocycles. The Hall–Kier alpha value is -2.63. The molecule has 0 aliphatic carbocycles. The van der Waals surface area contributed by atoms with E-state index in [-0.39, 0.29) is 5.70 Å². The van der Waals surface area contributed by atoms with Crippen molar-refractivity contribution in [3.63, 3.8) is 0 Å². The van der Waals surface area contributed by atoms with Crippen molar-refractivity contribution in [2.45, 2.75) is 0 Å². The van der Waals surface area contributed by atoms with Crippen LogP contribution in [-0.4, -0.2) is 11.8 Å². The Bertz CT molecular complexity index is 697. The molecule has 2 aromatic rings. The first-order valence-electron chi connectivity index (χ1n) is 6.45. The number of rotatable bonds is 4. The molecule has 2 rings (SSSR count). The number of hydrogen-bond donors (Lipinski definition) is 3. The van der Waals surface area contributed by atoms with Gasteiger partial charge in [0, 0.05) is 10.6 Å². The molecule has 2 aromatic carbocycles. The van der Waals surface area contributed by atoms with Gasteiger partial charge in [0.15, 0.2) is 0 Å². The van der Waals surface area contributed by atoms with E-state index in [1.807, 2.05) is 23.6 Å². The molecule has 0 unspecified atom stereocenters. The molecule has 0 aliphatic rings. The Morgan fingerprint density at radius 2 is 1.64 bits per heavy atom. The van der Waals surface area contributed by atoms with Crippen LogP contribution in [0.4, 0.5) is 0 Å². The van der Waals surface area contributed by atoms with Crippen LogP contribution in [0, 0.1) is 0 Å².